The van der Waals surface area contributed by atoms with Gasteiger partial charge in [-0.15, -0.1) is 0 Å². The van der Waals surface area contributed by atoms with Crippen LogP contribution in [-0.4, -0.2) is 76.9 Å². The van der Waals surface area contributed by atoms with Crippen molar-refractivity contribution in [3.8, 4) is 0 Å². The first-order valence-corrected chi connectivity index (χ1v) is 9.13. The molecule has 1 aromatic rings. The molecule has 0 aliphatic carbocycles. The first-order chi connectivity index (χ1) is 11.9. The van der Waals surface area contributed by atoms with E-state index in [4.69, 9.17) is 0 Å². The molecule has 0 radical (unpaired) electrons. The second-order valence-corrected chi connectivity index (χ2v) is 7.79. The van der Waals surface area contributed by atoms with Crippen molar-refractivity contribution in [2.24, 2.45) is 5.41 Å². The maximum absolute atomic E-state index is 13.0. The normalized spacial score (nSPS) is 26.0. The lowest BCUT2D eigenvalue weighted by atomic mass is 9.88. The Morgan fingerprint density at radius 2 is 2.08 bits per heavy atom. The molecule has 1 atom stereocenters. The third-order valence-electron chi connectivity index (χ3n) is 5.35. The number of amides is 1. The molecular weight excluding hydrogens is 318 g/mol. The van der Waals surface area contributed by atoms with Gasteiger partial charge in [0.05, 0.1) is 11.1 Å². The van der Waals surface area contributed by atoms with Crippen LogP contribution in [0.15, 0.2) is 10.9 Å². The Labute approximate surface area is 149 Å². The SMILES string of the molecule is Cc1nc(CN2CCCN(C(=O)C3(C)CCN(C)C3)CC2)cc(=O)[nH]1. The Bertz CT molecular complexity index is 688. The van der Waals surface area contributed by atoms with Crippen molar-refractivity contribution in [2.45, 2.75) is 33.2 Å². The van der Waals surface area contributed by atoms with Crippen molar-refractivity contribution in [1.82, 2.24) is 24.7 Å². The molecule has 2 saturated heterocycles. The van der Waals surface area contributed by atoms with Crippen molar-refractivity contribution < 1.29 is 4.79 Å². The summed E-state index contributed by atoms with van der Waals surface area (Å²) in [5.74, 6) is 0.941. The van der Waals surface area contributed by atoms with Crippen LogP contribution in [0.4, 0.5) is 0 Å². The molecule has 3 rings (SSSR count). The van der Waals surface area contributed by atoms with E-state index in [-0.39, 0.29) is 11.0 Å². The molecule has 7 heteroatoms. The van der Waals surface area contributed by atoms with Gasteiger partial charge in [-0.1, -0.05) is 0 Å². The Morgan fingerprint density at radius 3 is 2.76 bits per heavy atom. The van der Waals surface area contributed by atoms with E-state index in [9.17, 15) is 9.59 Å². The summed E-state index contributed by atoms with van der Waals surface area (Å²) in [7, 11) is 2.08. The summed E-state index contributed by atoms with van der Waals surface area (Å²) < 4.78 is 0. The van der Waals surface area contributed by atoms with Crippen LogP contribution in [0.5, 0.6) is 0 Å². The van der Waals surface area contributed by atoms with Crippen LogP contribution < -0.4 is 5.56 Å². The average Bonchev–Trinajstić information content (AvgIpc) is 2.75. The molecule has 0 saturated carbocycles. The van der Waals surface area contributed by atoms with Gasteiger partial charge in [-0.05, 0) is 40.3 Å². The topological polar surface area (TPSA) is 72.5 Å². The lowest BCUT2D eigenvalue weighted by Crippen LogP contribution is -2.45. The number of likely N-dealkylation sites (tertiary alicyclic amines) is 1. The number of nitrogens with one attached hydrogen (secondary N) is 1. The van der Waals surface area contributed by atoms with Crippen LogP contribution in [0.1, 0.15) is 31.3 Å². The van der Waals surface area contributed by atoms with Gasteiger partial charge in [0.1, 0.15) is 5.82 Å². The number of carbonyl (C=O) groups is 1. The smallest absolute Gasteiger partial charge is 0.251 e. The van der Waals surface area contributed by atoms with Crippen molar-refractivity contribution in [1.29, 1.82) is 0 Å². The number of aromatic nitrogens is 2. The Kier molecular flexibility index (Phi) is 5.24. The molecule has 2 fully saturated rings. The largest absolute Gasteiger partial charge is 0.341 e. The minimum Gasteiger partial charge on any atom is -0.341 e. The van der Waals surface area contributed by atoms with Crippen molar-refractivity contribution >= 4 is 5.91 Å². The van der Waals surface area contributed by atoms with Gasteiger partial charge in [-0.3, -0.25) is 14.5 Å². The molecule has 0 bridgehead atoms. The third kappa shape index (κ3) is 4.27. The molecule has 1 amide bonds. The van der Waals surface area contributed by atoms with Crippen LogP contribution in [0, 0.1) is 12.3 Å². The molecule has 1 unspecified atom stereocenters. The molecule has 2 aliphatic rings. The summed E-state index contributed by atoms with van der Waals surface area (Å²) in [5.41, 5.74) is 0.452. The molecule has 3 heterocycles. The fraction of sp³-hybridized carbons (Fsp3) is 0.722. The predicted molar refractivity (Wildman–Crippen MR) is 96.3 cm³/mol. The first-order valence-electron chi connectivity index (χ1n) is 9.13. The van der Waals surface area contributed by atoms with E-state index in [2.05, 4.69) is 33.7 Å². The molecule has 0 spiro atoms. The average molecular weight is 347 g/mol. The maximum Gasteiger partial charge on any atom is 0.251 e. The number of H-pyrrole nitrogens is 1. The van der Waals surface area contributed by atoms with Crippen molar-refractivity contribution in [2.75, 3.05) is 46.3 Å². The van der Waals surface area contributed by atoms with Gasteiger partial charge in [-0.2, -0.15) is 0 Å². The number of hydrogen-bond acceptors (Lipinski definition) is 5. The molecule has 138 valence electrons. The maximum atomic E-state index is 13.0. The highest BCUT2D eigenvalue weighted by molar-refractivity contribution is 5.83. The van der Waals surface area contributed by atoms with Gasteiger partial charge in [-0.25, -0.2) is 4.98 Å². The number of aryl methyl sites for hydroxylation is 1. The number of aromatic amines is 1. The van der Waals surface area contributed by atoms with E-state index < -0.39 is 0 Å². The third-order valence-corrected chi connectivity index (χ3v) is 5.35. The van der Waals surface area contributed by atoms with E-state index in [1.54, 1.807) is 13.0 Å². The highest BCUT2D eigenvalue weighted by atomic mass is 16.2. The lowest BCUT2D eigenvalue weighted by Gasteiger charge is -2.31. The van der Waals surface area contributed by atoms with E-state index in [0.29, 0.717) is 18.3 Å². The Morgan fingerprint density at radius 1 is 1.28 bits per heavy atom. The highest BCUT2D eigenvalue weighted by Gasteiger charge is 2.41. The van der Waals surface area contributed by atoms with E-state index in [1.807, 2.05) is 4.90 Å². The predicted octanol–water partition coefficient (Wildman–Crippen LogP) is 0.454. The monoisotopic (exact) mass is 347 g/mol. The molecule has 25 heavy (non-hydrogen) atoms. The first kappa shape index (κ1) is 18.1. The standard InChI is InChI=1S/C18H29N5O2/c1-14-19-15(11-16(24)20-14)12-22-6-4-7-23(10-9-22)17(25)18(2)5-8-21(3)13-18/h11H,4-10,12-13H2,1-3H3,(H,19,20,24). The lowest BCUT2D eigenvalue weighted by molar-refractivity contribution is -0.140. The van der Waals surface area contributed by atoms with Crippen LogP contribution in [0.25, 0.3) is 0 Å². The number of carbonyl (C=O) groups excluding carboxylic acids is 1. The zero-order valence-electron chi connectivity index (χ0n) is 15.5. The zero-order chi connectivity index (χ0) is 18.0. The zero-order valence-corrected chi connectivity index (χ0v) is 15.5. The molecule has 7 nitrogen and oxygen atoms in total. The minimum absolute atomic E-state index is 0.104. The summed E-state index contributed by atoms with van der Waals surface area (Å²) in [6.07, 6.45) is 1.90. The highest BCUT2D eigenvalue weighted by Crippen LogP contribution is 2.31. The number of rotatable bonds is 3. The van der Waals surface area contributed by atoms with Crippen LogP contribution in [0.2, 0.25) is 0 Å². The molecule has 1 aromatic heterocycles. The van der Waals surface area contributed by atoms with Crippen molar-refractivity contribution in [3.05, 3.63) is 27.9 Å². The van der Waals surface area contributed by atoms with Gasteiger partial charge in [0.2, 0.25) is 5.91 Å². The van der Waals surface area contributed by atoms with Crippen LogP contribution in [0.3, 0.4) is 0 Å². The molecule has 2 aliphatic heterocycles. The molecule has 1 N–H and O–H groups in total. The van der Waals surface area contributed by atoms with Gasteiger partial charge in [0.15, 0.2) is 0 Å². The number of nitrogens with zero attached hydrogens (tertiary/aromatic N) is 4. The van der Waals surface area contributed by atoms with E-state index >= 15 is 0 Å². The van der Waals surface area contributed by atoms with Crippen LogP contribution >= 0.6 is 0 Å². The second kappa shape index (κ2) is 7.25. The van der Waals surface area contributed by atoms with E-state index in [1.165, 1.54) is 0 Å². The molecular formula is C18H29N5O2. The summed E-state index contributed by atoms with van der Waals surface area (Å²) in [6, 6.07) is 1.57. The summed E-state index contributed by atoms with van der Waals surface area (Å²) in [4.78, 5) is 38.3. The second-order valence-electron chi connectivity index (χ2n) is 7.79. The van der Waals surface area contributed by atoms with Crippen molar-refractivity contribution in [3.63, 3.8) is 0 Å². The van der Waals surface area contributed by atoms with Crippen LogP contribution in [-0.2, 0) is 11.3 Å². The van der Waals surface area contributed by atoms with E-state index in [0.717, 1.165) is 57.8 Å². The number of hydrogen-bond donors (Lipinski definition) is 1. The quantitative estimate of drug-likeness (QED) is 0.860. The fourth-order valence-electron chi connectivity index (χ4n) is 4.03. The fourth-order valence-corrected chi connectivity index (χ4v) is 4.03. The van der Waals surface area contributed by atoms with Gasteiger partial charge >= 0.3 is 0 Å². The minimum atomic E-state index is -0.241. The Hall–Kier alpha value is -1.73. The van der Waals surface area contributed by atoms with Gasteiger partial charge in [0, 0.05) is 45.3 Å². The summed E-state index contributed by atoms with van der Waals surface area (Å²) in [6.45, 7) is 9.72. The van der Waals surface area contributed by atoms with Gasteiger partial charge < -0.3 is 14.8 Å². The summed E-state index contributed by atoms with van der Waals surface area (Å²) in [5, 5.41) is 0. The summed E-state index contributed by atoms with van der Waals surface area (Å²) >= 11 is 0. The Balaban J connectivity index is 1.60. The van der Waals surface area contributed by atoms with Gasteiger partial charge in [0.25, 0.3) is 5.56 Å². The molecule has 0 aromatic carbocycles.